The van der Waals surface area contributed by atoms with Crippen molar-refractivity contribution < 1.29 is 32.0 Å². The molecule has 6 rings (SSSR count). The molecule has 2 aliphatic rings. The average molecular weight is 667 g/mol. The summed E-state index contributed by atoms with van der Waals surface area (Å²) in [5.74, 6) is 0.398. The Morgan fingerprint density at radius 1 is 1.20 bits per heavy atom. The number of cyclic esters (lactones) is 1. The zero-order valence-corrected chi connectivity index (χ0v) is 25.8. The van der Waals surface area contributed by atoms with Crippen molar-refractivity contribution in [1.82, 2.24) is 19.4 Å². The maximum atomic E-state index is 14.2. The molecule has 0 unspecified atom stereocenters. The van der Waals surface area contributed by atoms with Crippen LogP contribution in [0.25, 0.3) is 21.5 Å². The van der Waals surface area contributed by atoms with Crippen molar-refractivity contribution in [2.45, 2.75) is 61.2 Å². The number of carbonyl (C=O) groups excluding carboxylic acids is 1. The monoisotopic (exact) mass is 666 g/mol. The number of piperidine rings is 1. The van der Waals surface area contributed by atoms with Gasteiger partial charge in [-0.1, -0.05) is 23.7 Å². The molecule has 4 heterocycles. The van der Waals surface area contributed by atoms with Crippen molar-refractivity contribution >= 4 is 50.7 Å². The van der Waals surface area contributed by atoms with Crippen molar-refractivity contribution in [3.63, 3.8) is 0 Å². The number of amides is 1. The lowest BCUT2D eigenvalue weighted by Gasteiger charge is -2.32. The van der Waals surface area contributed by atoms with Crippen molar-refractivity contribution in [3.8, 4) is 10.6 Å². The molecular weight excluding hydrogens is 641 g/mol. The number of halogens is 4. The molecular formula is C29H26ClF3N4O5S2. The standard InChI is InChI=1S/C29H26ClF3N4O5S2/c1-15-35-22-10-21(25-34-12-24(43-25)28(2,40)29(31,32)33)23(44(41)19-7-8-36-18(9-19)14-42-27(36)39)11-20(22)26(38)37(15)13-16-3-5-17(30)6-4-16/h3-6,10-12,18-19,40H,7-9,13-14H2,1-2H3/t18-,19-,28+,44-/m0/s1. The summed E-state index contributed by atoms with van der Waals surface area (Å²) in [6.45, 7) is 3.05. The zero-order valence-electron chi connectivity index (χ0n) is 23.4. The first-order chi connectivity index (χ1) is 20.7. The molecule has 1 N–H and O–H groups in total. The van der Waals surface area contributed by atoms with Gasteiger partial charge in [0, 0.05) is 28.6 Å². The predicted molar refractivity (Wildman–Crippen MR) is 159 cm³/mol. The van der Waals surface area contributed by atoms with Crippen LogP contribution in [0.2, 0.25) is 5.02 Å². The number of thiazole rings is 1. The number of aromatic nitrogens is 3. The second-order valence-electron chi connectivity index (χ2n) is 11.0. The fraction of sp³-hybridized carbons (Fsp3) is 0.379. The topological polar surface area (TPSA) is 115 Å². The summed E-state index contributed by atoms with van der Waals surface area (Å²) in [6.07, 6.45) is -3.63. The van der Waals surface area contributed by atoms with Crippen molar-refractivity contribution in [2.75, 3.05) is 13.2 Å². The van der Waals surface area contributed by atoms with Crippen molar-refractivity contribution in [3.05, 3.63) is 74.2 Å². The second-order valence-corrected chi connectivity index (χ2v) is 14.2. The highest BCUT2D eigenvalue weighted by Crippen LogP contribution is 2.44. The molecule has 15 heteroatoms. The van der Waals surface area contributed by atoms with Crippen LogP contribution in [0.3, 0.4) is 0 Å². The third-order valence-corrected chi connectivity index (χ3v) is 11.4. The van der Waals surface area contributed by atoms with Gasteiger partial charge in [0.1, 0.15) is 17.4 Å². The molecule has 0 spiro atoms. The lowest BCUT2D eigenvalue weighted by molar-refractivity contribution is -0.257. The van der Waals surface area contributed by atoms with Gasteiger partial charge in [0.2, 0.25) is 0 Å². The molecule has 0 saturated carbocycles. The van der Waals surface area contributed by atoms with Gasteiger partial charge in [-0.2, -0.15) is 13.2 Å². The number of rotatable bonds is 6. The lowest BCUT2D eigenvalue weighted by Crippen LogP contribution is -2.44. The number of aliphatic hydroxyl groups is 1. The highest BCUT2D eigenvalue weighted by Gasteiger charge is 2.52. The molecule has 0 bridgehead atoms. The Labute approximate surface area is 260 Å². The quantitative estimate of drug-likeness (QED) is 0.294. The van der Waals surface area contributed by atoms with Crippen LogP contribution >= 0.6 is 22.9 Å². The van der Waals surface area contributed by atoms with Gasteiger partial charge in [-0.3, -0.25) is 13.6 Å². The van der Waals surface area contributed by atoms with Crippen LogP contribution in [0.4, 0.5) is 18.0 Å². The summed E-state index contributed by atoms with van der Waals surface area (Å²) < 4.78 is 61.7. The van der Waals surface area contributed by atoms with E-state index in [0.717, 1.165) is 11.8 Å². The number of alkyl halides is 3. The summed E-state index contributed by atoms with van der Waals surface area (Å²) in [5.41, 5.74) is -2.19. The number of benzene rings is 2. The Balaban J connectivity index is 1.47. The SMILES string of the molecule is Cc1nc2cc(-c3ncc([C@@](C)(O)C(F)(F)F)s3)c([S@@](=O)[C@H]3CCN4C(=O)OC[C@@H]4C3)cc2c(=O)n1Cc1ccc(Cl)cc1. The van der Waals surface area contributed by atoms with Gasteiger partial charge >= 0.3 is 12.3 Å². The molecule has 44 heavy (non-hydrogen) atoms. The van der Waals surface area contributed by atoms with E-state index in [9.17, 15) is 32.1 Å². The number of fused-ring (bicyclic) bond motifs is 2. The van der Waals surface area contributed by atoms with Crippen LogP contribution in [0.15, 0.2) is 52.3 Å². The first kappa shape index (κ1) is 30.7. The fourth-order valence-electron chi connectivity index (χ4n) is 5.45. The summed E-state index contributed by atoms with van der Waals surface area (Å²) in [6, 6.07) is 9.77. The van der Waals surface area contributed by atoms with E-state index >= 15 is 0 Å². The van der Waals surface area contributed by atoms with Crippen LogP contribution in [-0.4, -0.2) is 65.5 Å². The second kappa shape index (κ2) is 11.2. The summed E-state index contributed by atoms with van der Waals surface area (Å²) >= 11 is 6.63. The van der Waals surface area contributed by atoms with Crippen molar-refractivity contribution in [1.29, 1.82) is 0 Å². The van der Waals surface area contributed by atoms with Gasteiger partial charge in [-0.25, -0.2) is 14.8 Å². The Kier molecular flexibility index (Phi) is 7.83. The Hall–Kier alpha value is -3.33. The normalized spacial score (nSPS) is 20.8. The number of hydrogen-bond donors (Lipinski definition) is 1. The number of aryl methyl sites for hydroxylation is 1. The van der Waals surface area contributed by atoms with E-state index in [1.165, 1.54) is 16.7 Å². The molecule has 2 aliphatic heterocycles. The Morgan fingerprint density at radius 3 is 2.64 bits per heavy atom. The van der Waals surface area contributed by atoms with E-state index < -0.39 is 38.8 Å². The predicted octanol–water partition coefficient (Wildman–Crippen LogP) is 5.39. The van der Waals surface area contributed by atoms with Gasteiger partial charge in [0.05, 0.1) is 44.1 Å². The number of carbonyl (C=O) groups is 1. The van der Waals surface area contributed by atoms with Crippen molar-refractivity contribution in [2.24, 2.45) is 0 Å². The molecule has 232 valence electrons. The molecule has 0 aliphatic carbocycles. The maximum Gasteiger partial charge on any atom is 0.422 e. The molecule has 4 aromatic rings. The minimum Gasteiger partial charge on any atom is -0.447 e. The van der Waals surface area contributed by atoms with Crippen LogP contribution in [-0.2, 0) is 27.7 Å². The molecule has 4 atom stereocenters. The number of ether oxygens (including phenoxy) is 1. The summed E-state index contributed by atoms with van der Waals surface area (Å²) in [4.78, 5) is 36.0. The molecule has 1 amide bonds. The highest BCUT2D eigenvalue weighted by molar-refractivity contribution is 7.85. The van der Waals surface area contributed by atoms with E-state index in [1.54, 1.807) is 36.1 Å². The third-order valence-electron chi connectivity index (χ3n) is 8.09. The van der Waals surface area contributed by atoms with E-state index in [-0.39, 0.29) is 51.1 Å². The summed E-state index contributed by atoms with van der Waals surface area (Å²) in [5, 5.41) is 10.7. The molecule has 2 aromatic carbocycles. The van der Waals surface area contributed by atoms with E-state index in [1.807, 2.05) is 0 Å². The number of hydrogen-bond acceptors (Lipinski definition) is 8. The Bertz CT molecular complexity index is 1860. The van der Waals surface area contributed by atoms with Crippen LogP contribution in [0, 0.1) is 6.92 Å². The van der Waals surface area contributed by atoms with E-state index in [0.29, 0.717) is 48.5 Å². The van der Waals surface area contributed by atoms with E-state index in [4.69, 9.17) is 16.3 Å². The summed E-state index contributed by atoms with van der Waals surface area (Å²) in [7, 11) is -1.75. The fourth-order valence-corrected chi connectivity index (χ4v) is 8.34. The van der Waals surface area contributed by atoms with Gasteiger partial charge in [0.15, 0.2) is 5.60 Å². The molecule has 2 saturated heterocycles. The first-order valence-electron chi connectivity index (χ1n) is 13.6. The molecule has 2 aromatic heterocycles. The average Bonchev–Trinajstić information content (AvgIpc) is 3.62. The first-order valence-corrected chi connectivity index (χ1v) is 16.0. The molecule has 2 fully saturated rings. The van der Waals surface area contributed by atoms with Gasteiger partial charge < -0.3 is 14.7 Å². The minimum absolute atomic E-state index is 0.0939. The highest BCUT2D eigenvalue weighted by atomic mass is 35.5. The largest absolute Gasteiger partial charge is 0.447 e. The van der Waals surface area contributed by atoms with Gasteiger partial charge in [-0.05, 0) is 56.5 Å². The Morgan fingerprint density at radius 2 is 1.93 bits per heavy atom. The van der Waals surface area contributed by atoms with Gasteiger partial charge in [-0.15, -0.1) is 11.3 Å². The maximum absolute atomic E-state index is 14.2. The van der Waals surface area contributed by atoms with Crippen LogP contribution < -0.4 is 5.56 Å². The smallest absolute Gasteiger partial charge is 0.422 e. The lowest BCUT2D eigenvalue weighted by atomic mass is 10.0. The van der Waals surface area contributed by atoms with Crippen LogP contribution in [0.1, 0.15) is 36.0 Å². The molecule has 0 radical (unpaired) electrons. The van der Waals surface area contributed by atoms with Crippen LogP contribution in [0.5, 0.6) is 0 Å². The van der Waals surface area contributed by atoms with E-state index in [2.05, 4.69) is 9.97 Å². The number of nitrogens with zero attached hydrogens (tertiary/aromatic N) is 4. The molecule has 9 nitrogen and oxygen atoms in total. The minimum atomic E-state index is -4.95. The third kappa shape index (κ3) is 5.41. The zero-order chi connectivity index (χ0) is 31.6. The van der Waals surface area contributed by atoms with Gasteiger partial charge in [0.25, 0.3) is 5.56 Å².